The van der Waals surface area contributed by atoms with Crippen molar-refractivity contribution in [1.82, 2.24) is 29.5 Å². The predicted octanol–water partition coefficient (Wildman–Crippen LogP) is 1.23. The molecule has 1 saturated carbocycles. The number of alkyl halides is 3. The summed E-state index contributed by atoms with van der Waals surface area (Å²) >= 11 is 0. The van der Waals surface area contributed by atoms with Gasteiger partial charge in [-0.3, -0.25) is 4.98 Å². The van der Waals surface area contributed by atoms with E-state index in [4.69, 9.17) is 0 Å². The Hall–Kier alpha value is -4.23. The summed E-state index contributed by atoms with van der Waals surface area (Å²) in [7, 11) is 0. The minimum absolute atomic E-state index is 0.00866. The van der Waals surface area contributed by atoms with Crippen LogP contribution in [0.3, 0.4) is 0 Å². The Morgan fingerprint density at radius 3 is 2.74 bits per heavy atom. The highest BCUT2D eigenvalue weighted by molar-refractivity contribution is 5.57. The highest BCUT2D eigenvalue weighted by Crippen LogP contribution is 2.30. The molecule has 3 aromatic heterocycles. The minimum atomic E-state index is -4.61. The Balaban J connectivity index is 1.56. The minimum Gasteiger partial charge on any atom is -0.493 e. The zero-order valence-corrected chi connectivity index (χ0v) is 17.2. The summed E-state index contributed by atoms with van der Waals surface area (Å²) in [6.45, 7) is -0.312. The number of H-pyrrole nitrogens is 2. The number of hydrogen-bond acceptors (Lipinski definition) is 7. The fourth-order valence-electron chi connectivity index (χ4n) is 3.22. The molecule has 0 unspecified atom stereocenters. The van der Waals surface area contributed by atoms with E-state index in [1.807, 2.05) is 0 Å². The van der Waals surface area contributed by atoms with Crippen molar-refractivity contribution in [3.8, 4) is 5.88 Å². The van der Waals surface area contributed by atoms with Crippen molar-refractivity contribution >= 4 is 17.7 Å². The van der Waals surface area contributed by atoms with E-state index < -0.39 is 23.2 Å². The highest BCUT2D eigenvalue weighted by Gasteiger charge is 2.31. The number of anilines is 1. The third kappa shape index (κ3) is 4.33. The number of nitrogens with zero attached hydrogens (tertiary/aromatic N) is 5. The van der Waals surface area contributed by atoms with Crippen LogP contribution in [0.4, 0.5) is 23.5 Å². The number of halogens is 4. The van der Waals surface area contributed by atoms with Crippen molar-refractivity contribution in [2.45, 2.75) is 31.6 Å². The molecule has 34 heavy (non-hydrogen) atoms. The summed E-state index contributed by atoms with van der Waals surface area (Å²) in [5.41, 5.74) is -1.24. The van der Waals surface area contributed by atoms with Gasteiger partial charge in [-0.15, -0.1) is 0 Å². The highest BCUT2D eigenvalue weighted by atomic mass is 19.4. The molecular formula is C20H16F4N8O2. The van der Waals surface area contributed by atoms with Crippen molar-refractivity contribution in [3.05, 3.63) is 68.4 Å². The van der Waals surface area contributed by atoms with E-state index in [9.17, 15) is 27.5 Å². The van der Waals surface area contributed by atoms with Gasteiger partial charge in [-0.05, 0) is 37.1 Å². The molecule has 3 heterocycles. The van der Waals surface area contributed by atoms with Gasteiger partial charge in [-0.1, -0.05) is 0 Å². The molecule has 14 heteroatoms. The maximum atomic E-state index is 14.1. The number of aromatic hydroxyl groups is 1. The molecule has 1 aliphatic rings. The van der Waals surface area contributed by atoms with Crippen molar-refractivity contribution in [3.63, 3.8) is 0 Å². The van der Waals surface area contributed by atoms with Gasteiger partial charge in [-0.25, -0.2) is 14.2 Å². The summed E-state index contributed by atoms with van der Waals surface area (Å²) in [5.74, 6) is -1.19. The molecule has 0 spiro atoms. The molecule has 176 valence electrons. The Bertz CT molecular complexity index is 1570. The lowest BCUT2D eigenvalue weighted by Gasteiger charge is -2.10. The van der Waals surface area contributed by atoms with Gasteiger partial charge in [0, 0.05) is 17.3 Å². The molecule has 0 radical (unpaired) electrons. The van der Waals surface area contributed by atoms with E-state index >= 15 is 0 Å². The molecule has 5 rings (SSSR count). The SMILES string of the molecule is O=c1[nH]c(O)c(/C=c2\cnn3c(=NC4CC4)nc(NCc4cc(C(F)(F)F)ccc4F)nc23)[nH]1. The Kier molecular flexibility index (Phi) is 5.06. The van der Waals surface area contributed by atoms with Crippen LogP contribution in [-0.2, 0) is 12.7 Å². The Labute approximate surface area is 186 Å². The van der Waals surface area contributed by atoms with Gasteiger partial charge in [0.15, 0.2) is 5.65 Å². The third-order valence-electron chi connectivity index (χ3n) is 5.07. The van der Waals surface area contributed by atoms with Gasteiger partial charge in [0.2, 0.25) is 11.8 Å². The lowest BCUT2D eigenvalue weighted by atomic mass is 10.1. The standard InChI is InChI=1S/C20H16F4N8O2/c21-13-4-1-11(20(22,23)24)5-9(13)7-25-17-29-15-10(6-14-16(33)30-19(34)28-14)8-26-32(15)18(31-17)27-12-2-3-12/h1,4-6,8,12,33H,2-3,7H2,(H,25,27,31)(H2,28,30,34)/b10-6+. The number of benzene rings is 1. The first-order valence-electron chi connectivity index (χ1n) is 10.1. The number of imidazole rings is 1. The smallest absolute Gasteiger partial charge is 0.416 e. The Morgan fingerprint density at radius 2 is 2.06 bits per heavy atom. The van der Waals surface area contributed by atoms with Crippen molar-refractivity contribution in [2.75, 3.05) is 5.32 Å². The van der Waals surface area contributed by atoms with Crippen molar-refractivity contribution < 1.29 is 22.7 Å². The summed E-state index contributed by atoms with van der Waals surface area (Å²) < 4.78 is 54.5. The zero-order chi connectivity index (χ0) is 24.0. The topological polar surface area (TPSA) is 136 Å². The second-order valence-electron chi connectivity index (χ2n) is 7.69. The number of fused-ring (bicyclic) bond motifs is 1. The van der Waals surface area contributed by atoms with Gasteiger partial charge < -0.3 is 15.4 Å². The van der Waals surface area contributed by atoms with Crippen LogP contribution in [0.5, 0.6) is 5.88 Å². The largest absolute Gasteiger partial charge is 0.493 e. The van der Waals surface area contributed by atoms with Crippen LogP contribution in [0.15, 0.2) is 34.2 Å². The van der Waals surface area contributed by atoms with Crippen LogP contribution in [0.2, 0.25) is 0 Å². The fraction of sp³-hybridized carbons (Fsp3) is 0.250. The van der Waals surface area contributed by atoms with Crippen LogP contribution >= 0.6 is 0 Å². The average molecular weight is 476 g/mol. The lowest BCUT2D eigenvalue weighted by molar-refractivity contribution is -0.137. The molecule has 0 bridgehead atoms. The number of nitrogens with one attached hydrogen (secondary N) is 3. The zero-order valence-electron chi connectivity index (χ0n) is 17.2. The molecule has 1 aliphatic carbocycles. The molecule has 4 N–H and O–H groups in total. The monoisotopic (exact) mass is 476 g/mol. The molecule has 0 amide bonds. The maximum Gasteiger partial charge on any atom is 0.416 e. The first kappa shape index (κ1) is 21.6. The number of rotatable bonds is 5. The van der Waals surface area contributed by atoms with Gasteiger partial charge in [0.05, 0.1) is 17.8 Å². The van der Waals surface area contributed by atoms with Gasteiger partial charge in [0.25, 0.3) is 5.62 Å². The van der Waals surface area contributed by atoms with Crippen molar-refractivity contribution in [2.24, 2.45) is 4.99 Å². The van der Waals surface area contributed by atoms with Crippen molar-refractivity contribution in [1.29, 1.82) is 0 Å². The van der Waals surface area contributed by atoms with Crippen LogP contribution in [0, 0.1) is 5.82 Å². The van der Waals surface area contributed by atoms with Gasteiger partial charge >= 0.3 is 11.9 Å². The second kappa shape index (κ2) is 7.97. The Morgan fingerprint density at radius 1 is 1.26 bits per heavy atom. The van der Waals surface area contributed by atoms with E-state index in [1.54, 1.807) is 0 Å². The van der Waals surface area contributed by atoms with E-state index in [0.717, 1.165) is 25.0 Å². The van der Waals surface area contributed by atoms with Crippen LogP contribution in [0.1, 0.15) is 29.7 Å². The molecular weight excluding hydrogens is 460 g/mol. The number of aromatic amines is 2. The molecule has 1 aromatic carbocycles. The van der Waals surface area contributed by atoms with Gasteiger partial charge in [0.1, 0.15) is 11.5 Å². The first-order chi connectivity index (χ1) is 16.2. The number of hydrogen-bond donors (Lipinski definition) is 4. The molecule has 1 fully saturated rings. The fourth-order valence-corrected chi connectivity index (χ4v) is 3.22. The number of aromatic nitrogens is 6. The van der Waals surface area contributed by atoms with Crippen LogP contribution < -0.4 is 21.8 Å². The summed E-state index contributed by atoms with van der Waals surface area (Å²) in [4.78, 5) is 29.1. The average Bonchev–Trinajstić information content (AvgIpc) is 3.40. The van der Waals surface area contributed by atoms with E-state index in [2.05, 4.69) is 35.3 Å². The maximum absolute atomic E-state index is 14.1. The predicted molar refractivity (Wildman–Crippen MR) is 110 cm³/mol. The van der Waals surface area contributed by atoms with E-state index in [0.29, 0.717) is 11.3 Å². The first-order valence-corrected chi connectivity index (χ1v) is 10.1. The molecule has 0 aliphatic heterocycles. The van der Waals surface area contributed by atoms with Crippen LogP contribution in [0.25, 0.3) is 11.7 Å². The molecule has 4 aromatic rings. The second-order valence-corrected chi connectivity index (χ2v) is 7.69. The molecule has 0 atom stereocenters. The molecule has 0 saturated heterocycles. The summed E-state index contributed by atoms with van der Waals surface area (Å²) in [6, 6.07) is 2.21. The quantitative estimate of drug-likeness (QED) is 0.320. The lowest BCUT2D eigenvalue weighted by Crippen LogP contribution is -2.25. The van der Waals surface area contributed by atoms with Crippen LogP contribution in [-0.4, -0.2) is 40.7 Å². The summed E-state index contributed by atoms with van der Waals surface area (Å²) in [6.07, 6.45) is 0.00274. The normalized spacial score (nSPS) is 15.4. The van der Waals surface area contributed by atoms with E-state index in [-0.39, 0.29) is 46.9 Å². The third-order valence-corrected chi connectivity index (χ3v) is 5.07. The molecule has 10 nitrogen and oxygen atoms in total. The van der Waals surface area contributed by atoms with Gasteiger partial charge in [-0.2, -0.15) is 32.8 Å². The van der Waals surface area contributed by atoms with E-state index in [1.165, 1.54) is 16.8 Å². The summed E-state index contributed by atoms with van der Waals surface area (Å²) in [5, 5.41) is 17.2.